The summed E-state index contributed by atoms with van der Waals surface area (Å²) in [5, 5.41) is 5.79. The third kappa shape index (κ3) is 5.53. The molecule has 2 N–H and O–H groups in total. The summed E-state index contributed by atoms with van der Waals surface area (Å²) in [6, 6.07) is 12.0. The number of morpholine rings is 1. The van der Waals surface area contributed by atoms with Crippen LogP contribution in [0.25, 0.3) is 0 Å². The molecule has 0 atom stereocenters. The predicted octanol–water partition coefficient (Wildman–Crippen LogP) is 2.16. The van der Waals surface area contributed by atoms with E-state index in [9.17, 15) is 9.59 Å². The molecule has 0 aromatic heterocycles. The Labute approximate surface area is 181 Å². The number of carbonyl (C=O) groups is 2. The van der Waals surface area contributed by atoms with Crippen LogP contribution in [0.15, 0.2) is 42.5 Å². The molecule has 2 aliphatic heterocycles. The highest BCUT2D eigenvalue weighted by Crippen LogP contribution is 2.31. The first-order valence-corrected chi connectivity index (χ1v) is 10.6. The van der Waals surface area contributed by atoms with Gasteiger partial charge in [0, 0.05) is 25.2 Å². The molecular formula is C23H27N3O5. The fourth-order valence-corrected chi connectivity index (χ4v) is 3.59. The lowest BCUT2D eigenvalue weighted by Crippen LogP contribution is -2.38. The van der Waals surface area contributed by atoms with Gasteiger partial charge in [-0.2, -0.15) is 0 Å². The topological polar surface area (TPSA) is 89.1 Å². The molecule has 0 aliphatic carbocycles. The quantitative estimate of drug-likeness (QED) is 0.661. The van der Waals surface area contributed by atoms with Gasteiger partial charge in [-0.15, -0.1) is 0 Å². The van der Waals surface area contributed by atoms with E-state index >= 15 is 0 Å². The lowest BCUT2D eigenvalue weighted by atomic mass is 10.1. The zero-order valence-electron chi connectivity index (χ0n) is 17.4. The molecule has 0 saturated carbocycles. The summed E-state index contributed by atoms with van der Waals surface area (Å²) in [5.74, 6) is 0.648. The average molecular weight is 425 g/mol. The largest absolute Gasteiger partial charge is 0.486 e. The van der Waals surface area contributed by atoms with Crippen LogP contribution in [0.1, 0.15) is 27.1 Å². The first-order chi connectivity index (χ1) is 15.2. The van der Waals surface area contributed by atoms with Crippen molar-refractivity contribution in [3.05, 3.63) is 53.6 Å². The van der Waals surface area contributed by atoms with Gasteiger partial charge in [0.05, 0.1) is 24.5 Å². The van der Waals surface area contributed by atoms with Gasteiger partial charge in [0.2, 0.25) is 0 Å². The number of benzene rings is 2. The number of nitrogens with zero attached hydrogens (tertiary/aromatic N) is 1. The predicted molar refractivity (Wildman–Crippen MR) is 116 cm³/mol. The highest BCUT2D eigenvalue weighted by Gasteiger charge is 2.17. The SMILES string of the molecule is O=C(Nc1ccccc1C(=O)NCCCN1CCOCC1)c1ccc2c(c1)OCCO2. The molecule has 2 heterocycles. The van der Waals surface area contributed by atoms with Gasteiger partial charge >= 0.3 is 0 Å². The highest BCUT2D eigenvalue weighted by atomic mass is 16.6. The minimum Gasteiger partial charge on any atom is -0.486 e. The number of ether oxygens (including phenoxy) is 3. The van der Waals surface area contributed by atoms with E-state index in [2.05, 4.69) is 15.5 Å². The number of hydrogen-bond donors (Lipinski definition) is 2. The maximum atomic E-state index is 12.8. The van der Waals surface area contributed by atoms with Gasteiger partial charge < -0.3 is 24.8 Å². The van der Waals surface area contributed by atoms with E-state index < -0.39 is 0 Å². The van der Waals surface area contributed by atoms with E-state index in [1.807, 2.05) is 0 Å². The Balaban J connectivity index is 1.34. The third-order valence-corrected chi connectivity index (χ3v) is 5.26. The molecule has 0 radical (unpaired) electrons. The van der Waals surface area contributed by atoms with Crippen LogP contribution in [0.4, 0.5) is 5.69 Å². The van der Waals surface area contributed by atoms with Crippen LogP contribution < -0.4 is 20.1 Å². The fourth-order valence-electron chi connectivity index (χ4n) is 3.59. The van der Waals surface area contributed by atoms with Crippen molar-refractivity contribution in [3.8, 4) is 11.5 Å². The zero-order valence-corrected chi connectivity index (χ0v) is 17.4. The van der Waals surface area contributed by atoms with Crippen molar-refractivity contribution in [1.29, 1.82) is 0 Å². The van der Waals surface area contributed by atoms with Gasteiger partial charge in [-0.05, 0) is 43.3 Å². The lowest BCUT2D eigenvalue weighted by Gasteiger charge is -2.26. The Morgan fingerprint density at radius 3 is 2.52 bits per heavy atom. The molecule has 31 heavy (non-hydrogen) atoms. The molecule has 2 amide bonds. The summed E-state index contributed by atoms with van der Waals surface area (Å²) in [5.41, 5.74) is 1.33. The summed E-state index contributed by atoms with van der Waals surface area (Å²) in [7, 11) is 0. The van der Waals surface area contributed by atoms with Gasteiger partial charge in [0.25, 0.3) is 11.8 Å². The number of amides is 2. The third-order valence-electron chi connectivity index (χ3n) is 5.26. The zero-order chi connectivity index (χ0) is 21.5. The van der Waals surface area contributed by atoms with E-state index in [4.69, 9.17) is 14.2 Å². The standard InChI is InChI=1S/C23H27N3O5/c27-22(17-6-7-20-21(16-17)31-15-14-30-20)25-19-5-2-1-4-18(19)23(28)24-8-3-9-26-10-12-29-13-11-26/h1-2,4-7,16H,3,8-15H2,(H,24,28)(H,25,27). The molecule has 1 fully saturated rings. The summed E-state index contributed by atoms with van der Waals surface area (Å²) in [6.45, 7) is 5.84. The van der Waals surface area contributed by atoms with Crippen LogP contribution in [0.3, 0.4) is 0 Å². The maximum absolute atomic E-state index is 12.8. The Bertz CT molecular complexity index is 927. The molecule has 2 aliphatic rings. The van der Waals surface area contributed by atoms with E-state index in [0.717, 1.165) is 39.3 Å². The molecule has 2 aromatic carbocycles. The summed E-state index contributed by atoms with van der Waals surface area (Å²) in [6.07, 6.45) is 0.859. The van der Waals surface area contributed by atoms with Gasteiger partial charge in [0.1, 0.15) is 13.2 Å². The molecule has 0 bridgehead atoms. The van der Waals surface area contributed by atoms with Crippen molar-refractivity contribution in [2.75, 3.05) is 57.9 Å². The monoisotopic (exact) mass is 425 g/mol. The van der Waals surface area contributed by atoms with Crippen molar-refractivity contribution in [3.63, 3.8) is 0 Å². The summed E-state index contributed by atoms with van der Waals surface area (Å²) < 4.78 is 16.4. The smallest absolute Gasteiger partial charge is 0.255 e. The summed E-state index contributed by atoms with van der Waals surface area (Å²) >= 11 is 0. The normalized spacial score (nSPS) is 15.9. The molecule has 8 nitrogen and oxygen atoms in total. The van der Waals surface area contributed by atoms with Crippen LogP contribution in [-0.2, 0) is 4.74 Å². The van der Waals surface area contributed by atoms with Gasteiger partial charge in [-0.3, -0.25) is 14.5 Å². The Morgan fingerprint density at radius 2 is 1.68 bits per heavy atom. The first-order valence-electron chi connectivity index (χ1n) is 10.6. The second-order valence-corrected chi connectivity index (χ2v) is 7.42. The number of para-hydroxylation sites is 1. The van der Waals surface area contributed by atoms with Crippen LogP contribution in [0.2, 0.25) is 0 Å². The molecular weight excluding hydrogens is 398 g/mol. The van der Waals surface area contributed by atoms with Gasteiger partial charge in [-0.1, -0.05) is 12.1 Å². The fraction of sp³-hybridized carbons (Fsp3) is 0.391. The van der Waals surface area contributed by atoms with E-state index in [-0.39, 0.29) is 11.8 Å². The Kier molecular flexibility index (Phi) is 7.01. The second-order valence-electron chi connectivity index (χ2n) is 7.42. The molecule has 4 rings (SSSR count). The minimum atomic E-state index is -0.315. The Morgan fingerprint density at radius 1 is 0.903 bits per heavy atom. The first kappa shape index (κ1) is 21.1. The number of carbonyl (C=O) groups excluding carboxylic acids is 2. The van der Waals surface area contributed by atoms with Crippen LogP contribution in [0, 0.1) is 0 Å². The van der Waals surface area contributed by atoms with Gasteiger partial charge in [-0.25, -0.2) is 0 Å². The molecule has 0 spiro atoms. The summed E-state index contributed by atoms with van der Waals surface area (Å²) in [4.78, 5) is 27.8. The van der Waals surface area contributed by atoms with Crippen molar-refractivity contribution in [1.82, 2.24) is 10.2 Å². The lowest BCUT2D eigenvalue weighted by molar-refractivity contribution is 0.0374. The molecule has 8 heteroatoms. The second kappa shape index (κ2) is 10.3. The molecule has 0 unspecified atom stereocenters. The van der Waals surface area contributed by atoms with Crippen molar-refractivity contribution in [2.45, 2.75) is 6.42 Å². The van der Waals surface area contributed by atoms with Crippen molar-refractivity contribution in [2.24, 2.45) is 0 Å². The maximum Gasteiger partial charge on any atom is 0.255 e. The van der Waals surface area contributed by atoms with Crippen molar-refractivity contribution >= 4 is 17.5 Å². The van der Waals surface area contributed by atoms with E-state index in [0.29, 0.717) is 48.1 Å². The minimum absolute atomic E-state index is 0.208. The number of nitrogens with one attached hydrogen (secondary N) is 2. The van der Waals surface area contributed by atoms with Gasteiger partial charge in [0.15, 0.2) is 11.5 Å². The number of rotatable bonds is 7. The van der Waals surface area contributed by atoms with Crippen molar-refractivity contribution < 1.29 is 23.8 Å². The Hall–Kier alpha value is -3.10. The molecule has 2 aromatic rings. The number of fused-ring (bicyclic) bond motifs is 1. The van der Waals surface area contributed by atoms with Crippen LogP contribution in [0.5, 0.6) is 11.5 Å². The molecule has 1 saturated heterocycles. The average Bonchev–Trinajstić information content (AvgIpc) is 2.82. The van der Waals surface area contributed by atoms with Crippen LogP contribution >= 0.6 is 0 Å². The molecule has 164 valence electrons. The highest BCUT2D eigenvalue weighted by molar-refractivity contribution is 6.09. The number of anilines is 1. The van der Waals surface area contributed by atoms with Crippen LogP contribution in [-0.4, -0.2) is 69.3 Å². The number of hydrogen-bond acceptors (Lipinski definition) is 6. The van der Waals surface area contributed by atoms with E-state index in [1.54, 1.807) is 42.5 Å². The van der Waals surface area contributed by atoms with E-state index in [1.165, 1.54) is 0 Å².